The summed E-state index contributed by atoms with van der Waals surface area (Å²) in [6.07, 6.45) is 0. The summed E-state index contributed by atoms with van der Waals surface area (Å²) in [5, 5.41) is 5.17. The van der Waals surface area contributed by atoms with E-state index in [1.165, 1.54) is 22.3 Å². The van der Waals surface area contributed by atoms with Gasteiger partial charge in [-0.05, 0) is 91.9 Å². The highest BCUT2D eigenvalue weighted by atomic mass is 31.2. The van der Waals surface area contributed by atoms with Gasteiger partial charge in [0, 0.05) is 31.8 Å². The van der Waals surface area contributed by atoms with Gasteiger partial charge in [0.2, 0.25) is 0 Å². The Bertz CT molecular complexity index is 2020. The average Bonchev–Trinajstić information content (AvgIpc) is 3.19. The zero-order chi connectivity index (χ0) is 43.0. The highest BCUT2D eigenvalue weighted by Gasteiger charge is 2.39. The number of hydrogen-bond acceptors (Lipinski definition) is 2. The van der Waals surface area contributed by atoms with Crippen LogP contribution in [0.3, 0.4) is 0 Å². The van der Waals surface area contributed by atoms with Crippen LogP contribution in [-0.2, 0) is 9.13 Å². The van der Waals surface area contributed by atoms with Crippen LogP contribution in [0, 0.1) is 0 Å². The molecule has 0 aromatic heterocycles. The molecule has 5 rings (SSSR count). The van der Waals surface area contributed by atoms with E-state index in [9.17, 15) is 0 Å². The Labute approximate surface area is 353 Å². The predicted molar refractivity (Wildman–Crippen MR) is 258 cm³/mol. The lowest BCUT2D eigenvalue weighted by molar-refractivity contribution is 0.590. The Kier molecular flexibility index (Phi) is 14.2. The Morgan fingerprint density at radius 2 is 0.466 bits per heavy atom. The van der Waals surface area contributed by atoms with E-state index in [0.29, 0.717) is 23.7 Å². The molecular formula is C54H72O2P2. The van der Waals surface area contributed by atoms with Gasteiger partial charge in [-0.15, -0.1) is 0 Å². The van der Waals surface area contributed by atoms with Crippen molar-refractivity contribution in [2.75, 3.05) is 0 Å². The first kappa shape index (κ1) is 45.6. The van der Waals surface area contributed by atoms with E-state index in [0.717, 1.165) is 54.1 Å². The summed E-state index contributed by atoms with van der Waals surface area (Å²) in [5.74, 6) is 2.10. The summed E-state index contributed by atoms with van der Waals surface area (Å²) in [7, 11) is -6.90. The third kappa shape index (κ3) is 8.72. The molecule has 0 saturated heterocycles. The van der Waals surface area contributed by atoms with Crippen molar-refractivity contribution in [3.63, 3.8) is 0 Å². The second kappa shape index (κ2) is 18.0. The first-order chi connectivity index (χ1) is 27.1. The maximum Gasteiger partial charge on any atom is 0.171 e. The van der Waals surface area contributed by atoms with Crippen molar-refractivity contribution in [2.45, 2.75) is 158 Å². The van der Waals surface area contributed by atoms with Crippen LogP contribution in [-0.4, -0.2) is 0 Å². The van der Waals surface area contributed by atoms with Crippen LogP contribution >= 0.6 is 14.3 Å². The first-order valence-electron chi connectivity index (χ1n) is 22.0. The molecule has 310 valence electrons. The molecule has 2 nitrogen and oxygen atoms in total. The summed E-state index contributed by atoms with van der Waals surface area (Å²) in [6, 6.07) is 34.7. The third-order valence-corrected chi connectivity index (χ3v) is 18.7. The molecule has 0 aliphatic rings. The number of rotatable bonds is 14. The zero-order valence-corrected chi connectivity index (χ0v) is 40.4. The maximum absolute atomic E-state index is 16.8. The minimum absolute atomic E-state index is 0.172. The fourth-order valence-electron chi connectivity index (χ4n) is 8.41. The van der Waals surface area contributed by atoms with E-state index in [1.807, 2.05) is 0 Å². The largest absolute Gasteiger partial charge is 0.309 e. The molecule has 0 spiro atoms. The second-order valence-corrected chi connectivity index (χ2v) is 24.6. The lowest BCUT2D eigenvalue weighted by atomic mass is 9.95. The normalized spacial score (nSPS) is 12.8. The van der Waals surface area contributed by atoms with Crippen molar-refractivity contribution in [1.82, 2.24) is 0 Å². The lowest BCUT2D eigenvalue weighted by Crippen LogP contribution is -2.33. The number of benzene rings is 5. The Morgan fingerprint density at radius 3 is 0.621 bits per heavy atom. The molecule has 0 fully saturated rings. The van der Waals surface area contributed by atoms with E-state index in [2.05, 4.69) is 208 Å². The van der Waals surface area contributed by atoms with Crippen LogP contribution < -0.4 is 31.8 Å². The van der Waals surface area contributed by atoms with Gasteiger partial charge in [-0.25, -0.2) is 0 Å². The van der Waals surface area contributed by atoms with Crippen molar-refractivity contribution >= 4 is 46.1 Å². The summed E-state index contributed by atoms with van der Waals surface area (Å²) in [6.45, 7) is 35.5. The smallest absolute Gasteiger partial charge is 0.171 e. The molecule has 0 aliphatic heterocycles. The van der Waals surface area contributed by atoms with Crippen LogP contribution in [0.15, 0.2) is 97.1 Å². The van der Waals surface area contributed by atoms with Crippen LogP contribution in [0.2, 0.25) is 0 Å². The van der Waals surface area contributed by atoms with Crippen molar-refractivity contribution in [3.8, 4) is 0 Å². The van der Waals surface area contributed by atoms with Crippen LogP contribution in [0.25, 0.3) is 0 Å². The second-order valence-electron chi connectivity index (χ2n) is 19.2. The summed E-state index contributed by atoms with van der Waals surface area (Å²) in [4.78, 5) is 0. The van der Waals surface area contributed by atoms with Gasteiger partial charge in [0.15, 0.2) is 14.3 Å². The van der Waals surface area contributed by atoms with Gasteiger partial charge < -0.3 is 9.13 Å². The summed E-state index contributed by atoms with van der Waals surface area (Å²) >= 11 is 0. The van der Waals surface area contributed by atoms with Crippen molar-refractivity contribution in [3.05, 3.63) is 142 Å². The minimum atomic E-state index is -3.45. The highest BCUT2D eigenvalue weighted by Crippen LogP contribution is 2.50. The SMILES string of the molecule is CC(C)c1ccc(P(=O)(c2ccc(P(=O)(c3ccc(C(C)C)cc3C(C)C)c3ccc(C(C)C)cc3C(C)C)cc2)c2ccc(C(C)C)cc2C(C)C)c(C(C)C)c1. The van der Waals surface area contributed by atoms with Crippen LogP contribution in [0.1, 0.15) is 203 Å². The van der Waals surface area contributed by atoms with Crippen molar-refractivity contribution in [2.24, 2.45) is 0 Å². The van der Waals surface area contributed by atoms with Crippen molar-refractivity contribution < 1.29 is 9.13 Å². The fourth-order valence-corrected chi connectivity index (χ4v) is 15.1. The summed E-state index contributed by atoms with van der Waals surface area (Å²) in [5.41, 5.74) is 9.53. The molecule has 0 atom stereocenters. The quantitative estimate of drug-likeness (QED) is 0.105. The van der Waals surface area contributed by atoms with Gasteiger partial charge >= 0.3 is 0 Å². The molecule has 4 heteroatoms. The fraction of sp³-hybridized carbons (Fsp3) is 0.444. The molecule has 0 bridgehead atoms. The van der Waals surface area contributed by atoms with E-state index < -0.39 is 14.3 Å². The molecule has 0 amide bonds. The minimum Gasteiger partial charge on any atom is -0.309 e. The molecule has 0 N–H and O–H groups in total. The molecule has 0 saturated carbocycles. The molecule has 0 radical (unpaired) electrons. The van der Waals surface area contributed by atoms with Gasteiger partial charge in [0.05, 0.1) is 0 Å². The molecule has 5 aromatic rings. The van der Waals surface area contributed by atoms with Crippen LogP contribution in [0.5, 0.6) is 0 Å². The van der Waals surface area contributed by atoms with Gasteiger partial charge in [0.1, 0.15) is 0 Å². The first-order valence-corrected chi connectivity index (χ1v) is 25.4. The average molecular weight is 815 g/mol. The van der Waals surface area contributed by atoms with Gasteiger partial charge in [0.25, 0.3) is 0 Å². The monoisotopic (exact) mass is 815 g/mol. The van der Waals surface area contributed by atoms with Crippen molar-refractivity contribution in [1.29, 1.82) is 0 Å². The van der Waals surface area contributed by atoms with Crippen LogP contribution in [0.4, 0.5) is 0 Å². The Hall–Kier alpha value is -3.44. The standard InChI is InChI=1S/C54H72O2P2/c1-33(2)41-17-25-51(47(29-41)37(9)10)57(55,52-26-18-42(34(3)4)30-48(52)38(11)12)45-21-23-46(24-22-45)58(56,53-27-19-43(35(5)6)31-49(53)39(13)14)54-28-20-44(36(7)8)32-50(54)40(15)16/h17-40H,1-16H3. The van der Waals surface area contributed by atoms with E-state index in [-0.39, 0.29) is 23.7 Å². The van der Waals surface area contributed by atoms with E-state index in [1.54, 1.807) is 0 Å². The molecule has 5 aromatic carbocycles. The molecule has 0 heterocycles. The van der Waals surface area contributed by atoms with Gasteiger partial charge in [-0.3, -0.25) is 0 Å². The highest BCUT2D eigenvalue weighted by molar-refractivity contribution is 7.86. The lowest BCUT2D eigenvalue weighted by Gasteiger charge is -2.30. The summed E-state index contributed by atoms with van der Waals surface area (Å²) < 4.78 is 33.5. The topological polar surface area (TPSA) is 34.1 Å². The third-order valence-electron chi connectivity index (χ3n) is 12.3. The molecule has 0 aliphatic carbocycles. The zero-order valence-electron chi connectivity index (χ0n) is 38.6. The predicted octanol–water partition coefficient (Wildman–Crippen LogP) is 14.0. The Morgan fingerprint density at radius 1 is 0.276 bits per heavy atom. The molecule has 0 unspecified atom stereocenters. The van der Waals surface area contributed by atoms with Gasteiger partial charge in [-0.2, -0.15) is 0 Å². The molecular weight excluding hydrogens is 743 g/mol. The van der Waals surface area contributed by atoms with E-state index in [4.69, 9.17) is 0 Å². The van der Waals surface area contributed by atoms with Gasteiger partial charge in [-0.1, -0.05) is 208 Å². The Balaban J connectivity index is 1.89. The number of hydrogen-bond donors (Lipinski definition) is 0. The van der Waals surface area contributed by atoms with E-state index >= 15 is 9.13 Å². The molecule has 58 heavy (non-hydrogen) atoms. The maximum atomic E-state index is 16.8.